The van der Waals surface area contributed by atoms with E-state index in [1.807, 2.05) is 29.9 Å². The SMILES string of the molecule is Cc1cccc(C(O)CCc2nccn2C)c1I. The first-order chi connectivity index (χ1) is 8.59. The molecule has 0 saturated heterocycles. The van der Waals surface area contributed by atoms with Crippen LogP contribution in [0.15, 0.2) is 30.6 Å². The second kappa shape index (κ2) is 5.84. The van der Waals surface area contributed by atoms with E-state index >= 15 is 0 Å². The monoisotopic (exact) mass is 356 g/mol. The van der Waals surface area contributed by atoms with E-state index in [0.29, 0.717) is 6.42 Å². The largest absolute Gasteiger partial charge is 0.388 e. The van der Waals surface area contributed by atoms with Crippen molar-refractivity contribution in [3.63, 3.8) is 0 Å². The van der Waals surface area contributed by atoms with Crippen molar-refractivity contribution >= 4 is 22.6 Å². The van der Waals surface area contributed by atoms with Gasteiger partial charge in [-0.2, -0.15) is 0 Å². The van der Waals surface area contributed by atoms with E-state index in [4.69, 9.17) is 0 Å². The van der Waals surface area contributed by atoms with Gasteiger partial charge in [0.25, 0.3) is 0 Å². The molecule has 3 nitrogen and oxygen atoms in total. The van der Waals surface area contributed by atoms with Crippen LogP contribution in [0.3, 0.4) is 0 Å². The van der Waals surface area contributed by atoms with Gasteiger partial charge in [0.05, 0.1) is 6.10 Å². The van der Waals surface area contributed by atoms with Crippen molar-refractivity contribution in [2.75, 3.05) is 0 Å². The van der Waals surface area contributed by atoms with E-state index in [1.165, 1.54) is 5.56 Å². The molecule has 2 rings (SSSR count). The van der Waals surface area contributed by atoms with Crippen molar-refractivity contribution < 1.29 is 5.11 Å². The molecule has 18 heavy (non-hydrogen) atoms. The molecule has 2 aromatic rings. The number of imidazole rings is 1. The molecule has 1 aromatic heterocycles. The summed E-state index contributed by atoms with van der Waals surface area (Å²) in [6.07, 6.45) is 4.78. The van der Waals surface area contributed by atoms with Crippen LogP contribution in [0.5, 0.6) is 0 Å². The third-order valence-corrected chi connectivity index (χ3v) is 4.62. The van der Waals surface area contributed by atoms with Crippen LogP contribution in [0, 0.1) is 10.5 Å². The lowest BCUT2D eigenvalue weighted by atomic mass is 10.0. The van der Waals surface area contributed by atoms with E-state index in [0.717, 1.165) is 21.4 Å². The van der Waals surface area contributed by atoms with E-state index in [-0.39, 0.29) is 0 Å². The Hall–Kier alpha value is -0.880. The normalized spacial score (nSPS) is 12.7. The predicted octanol–water partition coefficient (Wildman–Crippen LogP) is 3.00. The van der Waals surface area contributed by atoms with Crippen molar-refractivity contribution in [3.05, 3.63) is 51.1 Å². The number of aryl methyl sites for hydroxylation is 3. The molecule has 0 saturated carbocycles. The van der Waals surface area contributed by atoms with E-state index in [1.54, 1.807) is 6.20 Å². The maximum absolute atomic E-state index is 10.3. The Morgan fingerprint density at radius 3 is 2.89 bits per heavy atom. The van der Waals surface area contributed by atoms with Gasteiger partial charge in [0, 0.05) is 29.4 Å². The van der Waals surface area contributed by atoms with Crippen LogP contribution in [0.25, 0.3) is 0 Å². The summed E-state index contributed by atoms with van der Waals surface area (Å²) in [7, 11) is 1.98. The maximum Gasteiger partial charge on any atom is 0.108 e. The molecule has 0 aliphatic carbocycles. The highest BCUT2D eigenvalue weighted by atomic mass is 127. The Morgan fingerprint density at radius 1 is 1.44 bits per heavy atom. The van der Waals surface area contributed by atoms with E-state index in [2.05, 4.69) is 40.6 Å². The molecule has 0 spiro atoms. The Kier molecular flexibility index (Phi) is 4.40. The summed E-state index contributed by atoms with van der Waals surface area (Å²) in [5.41, 5.74) is 2.23. The first-order valence-corrected chi connectivity index (χ1v) is 7.06. The zero-order chi connectivity index (χ0) is 13.1. The van der Waals surface area contributed by atoms with Crippen molar-refractivity contribution in [3.8, 4) is 0 Å². The molecule has 0 radical (unpaired) electrons. The fourth-order valence-electron chi connectivity index (χ4n) is 1.99. The molecular weight excluding hydrogens is 339 g/mol. The van der Waals surface area contributed by atoms with Gasteiger partial charge in [-0.25, -0.2) is 4.98 Å². The smallest absolute Gasteiger partial charge is 0.108 e. The second-order valence-electron chi connectivity index (χ2n) is 4.49. The molecule has 0 amide bonds. The molecule has 4 heteroatoms. The van der Waals surface area contributed by atoms with Crippen LogP contribution in [0.2, 0.25) is 0 Å². The standard InChI is InChI=1S/C14H17IN2O/c1-10-4-3-5-11(14(10)15)12(18)6-7-13-16-8-9-17(13)2/h3-5,8-9,12,18H,6-7H2,1-2H3. The molecule has 1 heterocycles. The summed E-state index contributed by atoms with van der Waals surface area (Å²) in [6, 6.07) is 6.06. The number of aliphatic hydroxyl groups excluding tert-OH is 1. The van der Waals surface area contributed by atoms with Crippen molar-refractivity contribution in [2.24, 2.45) is 7.05 Å². The van der Waals surface area contributed by atoms with Gasteiger partial charge in [0.1, 0.15) is 5.82 Å². The number of benzene rings is 1. The quantitative estimate of drug-likeness (QED) is 0.856. The van der Waals surface area contributed by atoms with Gasteiger partial charge < -0.3 is 9.67 Å². The minimum absolute atomic E-state index is 0.423. The van der Waals surface area contributed by atoms with Crippen molar-refractivity contribution in [2.45, 2.75) is 25.9 Å². The summed E-state index contributed by atoms with van der Waals surface area (Å²) in [6.45, 7) is 2.07. The molecule has 1 unspecified atom stereocenters. The number of aliphatic hydroxyl groups is 1. The average molecular weight is 356 g/mol. The zero-order valence-electron chi connectivity index (χ0n) is 10.6. The minimum atomic E-state index is -0.423. The average Bonchev–Trinajstić information content (AvgIpc) is 2.75. The number of halogens is 1. The van der Waals surface area contributed by atoms with E-state index < -0.39 is 6.10 Å². The number of aromatic nitrogens is 2. The van der Waals surface area contributed by atoms with Gasteiger partial charge >= 0.3 is 0 Å². The molecule has 1 aromatic carbocycles. The highest BCUT2D eigenvalue weighted by molar-refractivity contribution is 14.1. The van der Waals surface area contributed by atoms with Gasteiger partial charge in [0.15, 0.2) is 0 Å². The van der Waals surface area contributed by atoms with Crippen LogP contribution in [0.1, 0.15) is 29.5 Å². The number of hydrogen-bond acceptors (Lipinski definition) is 2. The number of rotatable bonds is 4. The molecule has 0 aliphatic heterocycles. The van der Waals surface area contributed by atoms with Gasteiger partial charge in [0.2, 0.25) is 0 Å². The zero-order valence-corrected chi connectivity index (χ0v) is 12.8. The fraction of sp³-hybridized carbons (Fsp3) is 0.357. The molecule has 0 fully saturated rings. The molecule has 1 atom stereocenters. The van der Waals surface area contributed by atoms with Crippen LogP contribution in [-0.2, 0) is 13.5 Å². The Balaban J connectivity index is 2.06. The number of nitrogens with zero attached hydrogens (tertiary/aromatic N) is 2. The molecular formula is C14H17IN2O. The molecule has 1 N–H and O–H groups in total. The van der Waals surface area contributed by atoms with Crippen LogP contribution >= 0.6 is 22.6 Å². The summed E-state index contributed by atoms with van der Waals surface area (Å²) in [4.78, 5) is 4.27. The third kappa shape index (κ3) is 2.92. The second-order valence-corrected chi connectivity index (χ2v) is 5.57. The third-order valence-electron chi connectivity index (χ3n) is 3.14. The molecule has 96 valence electrons. The minimum Gasteiger partial charge on any atom is -0.388 e. The van der Waals surface area contributed by atoms with Gasteiger partial charge in [-0.1, -0.05) is 18.2 Å². The number of hydrogen-bond donors (Lipinski definition) is 1. The fourth-order valence-corrected chi connectivity index (χ4v) is 2.71. The Bertz CT molecular complexity index is 536. The lowest BCUT2D eigenvalue weighted by Gasteiger charge is -2.14. The lowest BCUT2D eigenvalue weighted by Crippen LogP contribution is -2.05. The predicted molar refractivity (Wildman–Crippen MR) is 80.4 cm³/mol. The van der Waals surface area contributed by atoms with Crippen LogP contribution < -0.4 is 0 Å². The maximum atomic E-state index is 10.3. The van der Waals surface area contributed by atoms with Crippen molar-refractivity contribution in [1.29, 1.82) is 0 Å². The van der Waals surface area contributed by atoms with Crippen molar-refractivity contribution in [1.82, 2.24) is 9.55 Å². The summed E-state index contributed by atoms with van der Waals surface area (Å²) in [5, 5.41) is 10.3. The highest BCUT2D eigenvalue weighted by Gasteiger charge is 2.13. The molecule has 0 aliphatic rings. The topological polar surface area (TPSA) is 38.1 Å². The van der Waals surface area contributed by atoms with Crippen LogP contribution in [0.4, 0.5) is 0 Å². The van der Waals surface area contributed by atoms with Gasteiger partial charge in [-0.3, -0.25) is 0 Å². The summed E-state index contributed by atoms with van der Waals surface area (Å²) < 4.78 is 3.15. The van der Waals surface area contributed by atoms with Gasteiger partial charge in [-0.15, -0.1) is 0 Å². The first kappa shape index (κ1) is 13.5. The lowest BCUT2D eigenvalue weighted by molar-refractivity contribution is 0.166. The van der Waals surface area contributed by atoms with Crippen LogP contribution in [-0.4, -0.2) is 14.7 Å². The highest BCUT2D eigenvalue weighted by Crippen LogP contribution is 2.25. The van der Waals surface area contributed by atoms with Gasteiger partial charge in [-0.05, 0) is 47.1 Å². The summed E-state index contributed by atoms with van der Waals surface area (Å²) in [5.74, 6) is 1.01. The summed E-state index contributed by atoms with van der Waals surface area (Å²) >= 11 is 2.30. The Labute approximate surface area is 121 Å². The first-order valence-electron chi connectivity index (χ1n) is 5.99. The Morgan fingerprint density at radius 2 is 2.22 bits per heavy atom. The molecule has 0 bridgehead atoms. The van der Waals surface area contributed by atoms with E-state index in [9.17, 15) is 5.11 Å².